The number of anilines is 2. The second kappa shape index (κ2) is 12.4. The molecular formula is C33H39N5O5. The number of ether oxygens (including phenoxy) is 1. The van der Waals surface area contributed by atoms with E-state index in [1.165, 1.54) is 6.26 Å². The summed E-state index contributed by atoms with van der Waals surface area (Å²) in [6.07, 6.45) is 5.97. The Morgan fingerprint density at radius 2 is 1.81 bits per heavy atom. The van der Waals surface area contributed by atoms with Crippen LogP contribution in [0.25, 0.3) is 11.0 Å². The summed E-state index contributed by atoms with van der Waals surface area (Å²) in [4.78, 5) is 49.1. The molecule has 0 saturated heterocycles. The number of furan rings is 1. The lowest BCUT2D eigenvalue weighted by atomic mass is 9.90. The molecule has 1 aliphatic heterocycles. The molecule has 0 N–H and O–H groups in total. The van der Waals surface area contributed by atoms with Gasteiger partial charge in [0.05, 0.1) is 24.2 Å². The van der Waals surface area contributed by atoms with Crippen LogP contribution >= 0.6 is 0 Å². The number of pyridine rings is 2. The van der Waals surface area contributed by atoms with Gasteiger partial charge in [0.15, 0.2) is 5.58 Å². The molecule has 10 nitrogen and oxygen atoms in total. The summed E-state index contributed by atoms with van der Waals surface area (Å²) in [5.74, 6) is 0.169. The Bertz CT molecular complexity index is 1670. The minimum absolute atomic E-state index is 0.138. The van der Waals surface area contributed by atoms with E-state index in [9.17, 15) is 14.4 Å². The first-order valence-corrected chi connectivity index (χ1v) is 14.7. The highest BCUT2D eigenvalue weighted by atomic mass is 16.5. The van der Waals surface area contributed by atoms with E-state index in [-0.39, 0.29) is 17.4 Å². The van der Waals surface area contributed by atoms with Crippen molar-refractivity contribution in [1.29, 1.82) is 0 Å². The van der Waals surface area contributed by atoms with Gasteiger partial charge in [-0.3, -0.25) is 24.3 Å². The van der Waals surface area contributed by atoms with Crippen molar-refractivity contribution in [1.82, 2.24) is 14.5 Å². The summed E-state index contributed by atoms with van der Waals surface area (Å²) in [6, 6.07) is 13.3. The number of carbonyl (C=O) groups excluding carboxylic acids is 2. The minimum Gasteiger partial charge on any atom is -0.493 e. The Balaban J connectivity index is 1.25. The van der Waals surface area contributed by atoms with Gasteiger partial charge in [0.25, 0.3) is 5.56 Å². The van der Waals surface area contributed by atoms with Crippen LogP contribution in [0.5, 0.6) is 5.75 Å². The van der Waals surface area contributed by atoms with Crippen molar-refractivity contribution >= 4 is 34.2 Å². The first-order valence-electron chi connectivity index (χ1n) is 14.7. The van der Waals surface area contributed by atoms with Gasteiger partial charge in [0.2, 0.25) is 11.8 Å². The Morgan fingerprint density at radius 1 is 1.00 bits per heavy atom. The maximum Gasteiger partial charge on any atom is 0.294 e. The van der Waals surface area contributed by atoms with E-state index in [0.717, 1.165) is 29.6 Å². The van der Waals surface area contributed by atoms with E-state index in [1.807, 2.05) is 56.6 Å². The van der Waals surface area contributed by atoms with Crippen molar-refractivity contribution in [3.63, 3.8) is 0 Å². The van der Waals surface area contributed by atoms with Gasteiger partial charge in [-0.05, 0) is 70.0 Å². The first-order chi connectivity index (χ1) is 20.6. The van der Waals surface area contributed by atoms with Crippen molar-refractivity contribution in [2.24, 2.45) is 5.41 Å². The maximum absolute atomic E-state index is 13.2. The van der Waals surface area contributed by atoms with Crippen LogP contribution < -0.4 is 20.1 Å². The van der Waals surface area contributed by atoms with Crippen LogP contribution in [0.4, 0.5) is 11.4 Å². The fourth-order valence-electron chi connectivity index (χ4n) is 5.49. The molecule has 1 aromatic carbocycles. The van der Waals surface area contributed by atoms with E-state index in [2.05, 4.69) is 16.0 Å². The second-order valence-electron chi connectivity index (χ2n) is 11.5. The summed E-state index contributed by atoms with van der Waals surface area (Å²) in [7, 11) is 1.70. The zero-order valence-electron chi connectivity index (χ0n) is 25.5. The van der Waals surface area contributed by atoms with Gasteiger partial charge >= 0.3 is 0 Å². The lowest BCUT2D eigenvalue weighted by Crippen LogP contribution is -2.47. The molecule has 5 rings (SSSR count). The van der Waals surface area contributed by atoms with Gasteiger partial charge in [-0.25, -0.2) is 0 Å². The highest BCUT2D eigenvalue weighted by molar-refractivity contribution is 6.20. The number of hydrogen-bond donors (Lipinski definition) is 0. The maximum atomic E-state index is 13.2. The molecule has 226 valence electrons. The Kier molecular flexibility index (Phi) is 8.68. The molecule has 0 fully saturated rings. The molecule has 3 aromatic heterocycles. The monoisotopic (exact) mass is 585 g/mol. The number of carbonyl (C=O) groups is 2. The number of nitrogens with zero attached hydrogens (tertiary/aromatic N) is 5. The standard InChI is InChI=1S/C33H39N5O5/c1-6-38-27-11-10-26(20-28(27)35(5)31(40)33(3,4)32(38)41)42-18-7-14-36(22-24-9-8-23(2)34-21-24)16-17-37-15-12-25-13-19-43-29(25)30(37)39/h8-13,15,19-21H,6-7,14,16-18,22H2,1-5H3. The molecule has 4 heterocycles. The quantitative estimate of drug-likeness (QED) is 0.187. The fraction of sp³-hybridized carbons (Fsp3) is 0.394. The number of aryl methyl sites for hydroxylation is 1. The van der Waals surface area contributed by atoms with Crippen LogP contribution in [0.3, 0.4) is 0 Å². The number of rotatable bonds is 11. The molecule has 1 aliphatic rings. The molecule has 0 bridgehead atoms. The number of amides is 2. The Morgan fingerprint density at radius 3 is 2.56 bits per heavy atom. The van der Waals surface area contributed by atoms with Gasteiger partial charge in [0, 0.05) is 69.3 Å². The van der Waals surface area contributed by atoms with E-state index < -0.39 is 5.41 Å². The molecule has 0 unspecified atom stereocenters. The molecule has 43 heavy (non-hydrogen) atoms. The van der Waals surface area contributed by atoms with Crippen LogP contribution in [0.1, 0.15) is 38.4 Å². The molecule has 4 aromatic rings. The van der Waals surface area contributed by atoms with E-state index in [4.69, 9.17) is 9.15 Å². The smallest absolute Gasteiger partial charge is 0.294 e. The molecule has 0 atom stereocenters. The molecule has 0 radical (unpaired) electrons. The zero-order valence-corrected chi connectivity index (χ0v) is 25.5. The van der Waals surface area contributed by atoms with Gasteiger partial charge in [-0.1, -0.05) is 6.07 Å². The Labute approximate surface area is 251 Å². The molecule has 10 heteroatoms. The van der Waals surface area contributed by atoms with Crippen LogP contribution in [-0.4, -0.2) is 59.6 Å². The molecule has 2 amide bonds. The molecule has 0 saturated carbocycles. The average Bonchev–Trinajstić information content (AvgIpc) is 3.48. The summed E-state index contributed by atoms with van der Waals surface area (Å²) in [6.45, 7) is 10.7. The van der Waals surface area contributed by atoms with Crippen molar-refractivity contribution < 1.29 is 18.7 Å². The van der Waals surface area contributed by atoms with Crippen LogP contribution in [0.15, 0.2) is 70.3 Å². The molecule has 0 aliphatic carbocycles. The normalized spacial score (nSPS) is 14.8. The Hall–Kier alpha value is -4.44. The van der Waals surface area contributed by atoms with Crippen molar-refractivity contribution in [2.45, 2.75) is 47.2 Å². The van der Waals surface area contributed by atoms with Gasteiger partial charge in [0.1, 0.15) is 11.2 Å². The second-order valence-corrected chi connectivity index (χ2v) is 11.5. The lowest BCUT2D eigenvalue weighted by molar-refractivity contribution is -0.137. The van der Waals surface area contributed by atoms with Crippen LogP contribution in [0.2, 0.25) is 0 Å². The number of aromatic nitrogens is 2. The SMILES string of the molecule is CCN1C(=O)C(C)(C)C(=O)N(C)c2cc(OCCCN(CCn3ccc4ccoc4c3=O)Cc3ccc(C)nc3)ccc21. The van der Waals surface area contributed by atoms with Gasteiger partial charge in [-0.2, -0.15) is 0 Å². The fourth-order valence-corrected chi connectivity index (χ4v) is 5.49. The third kappa shape index (κ3) is 6.19. The van der Waals surface area contributed by atoms with Gasteiger partial charge in [-0.15, -0.1) is 0 Å². The molecule has 0 spiro atoms. The van der Waals surface area contributed by atoms with Crippen LogP contribution in [0, 0.1) is 12.3 Å². The lowest BCUT2D eigenvalue weighted by Gasteiger charge is -2.27. The highest BCUT2D eigenvalue weighted by Crippen LogP contribution is 2.40. The molecular weight excluding hydrogens is 546 g/mol. The van der Waals surface area contributed by atoms with E-state index in [0.29, 0.717) is 55.5 Å². The van der Waals surface area contributed by atoms with E-state index >= 15 is 0 Å². The summed E-state index contributed by atoms with van der Waals surface area (Å²) < 4.78 is 13.2. The summed E-state index contributed by atoms with van der Waals surface area (Å²) in [5, 5.41) is 0.798. The van der Waals surface area contributed by atoms with Crippen molar-refractivity contribution in [3.8, 4) is 5.75 Å². The third-order valence-electron chi connectivity index (χ3n) is 8.04. The number of fused-ring (bicyclic) bond motifs is 2. The minimum atomic E-state index is -1.16. The number of benzene rings is 1. The number of hydrogen-bond acceptors (Lipinski definition) is 7. The van der Waals surface area contributed by atoms with Gasteiger partial charge < -0.3 is 23.5 Å². The third-order valence-corrected chi connectivity index (χ3v) is 8.04. The topological polar surface area (TPSA) is 101 Å². The van der Waals surface area contributed by atoms with Crippen molar-refractivity contribution in [3.05, 3.63) is 82.7 Å². The first kappa shape index (κ1) is 30.0. The van der Waals surface area contributed by atoms with Crippen LogP contribution in [-0.2, 0) is 22.7 Å². The average molecular weight is 586 g/mol. The largest absolute Gasteiger partial charge is 0.493 e. The van der Waals surface area contributed by atoms with E-state index in [1.54, 1.807) is 41.3 Å². The highest BCUT2D eigenvalue weighted by Gasteiger charge is 2.45. The summed E-state index contributed by atoms with van der Waals surface area (Å²) in [5.41, 5.74) is 2.48. The predicted molar refractivity (Wildman–Crippen MR) is 166 cm³/mol. The zero-order chi connectivity index (χ0) is 30.7. The predicted octanol–water partition coefficient (Wildman–Crippen LogP) is 4.62. The summed E-state index contributed by atoms with van der Waals surface area (Å²) >= 11 is 0. The van der Waals surface area contributed by atoms with Crippen molar-refractivity contribution in [2.75, 3.05) is 43.1 Å².